The van der Waals surface area contributed by atoms with Crippen LogP contribution in [-0.4, -0.2) is 14.5 Å². The summed E-state index contributed by atoms with van der Waals surface area (Å²) in [7, 11) is 0. The van der Waals surface area contributed by atoms with Gasteiger partial charge in [-0.25, -0.2) is 9.97 Å². The number of fused-ring (bicyclic) bond motifs is 3. The SMILES string of the molecule is c1ccc(-c2ccc(-c3cc(-c4ccc(-c5cccc(-c6ccccc6)c5)cc4)nc(-c4cccc(-n5c6ccccc6c6ccccc65)c4)n3)cc2)cc1. The Morgan fingerprint density at radius 1 is 0.273 bits per heavy atom. The normalized spacial score (nSPS) is 11.3. The summed E-state index contributed by atoms with van der Waals surface area (Å²) in [6.45, 7) is 0. The molecule has 0 unspecified atom stereocenters. The summed E-state index contributed by atoms with van der Waals surface area (Å²) in [6, 6.07) is 75.1. The third-order valence-electron chi connectivity index (χ3n) is 10.4. The van der Waals surface area contributed by atoms with Crippen LogP contribution in [0.2, 0.25) is 0 Å². The fraction of sp³-hybridized carbons (Fsp3) is 0. The molecule has 0 aliphatic heterocycles. The first-order valence-electron chi connectivity index (χ1n) is 18.7. The van der Waals surface area contributed by atoms with E-state index in [0.717, 1.165) is 39.3 Å². The maximum Gasteiger partial charge on any atom is 0.160 e. The Labute approximate surface area is 320 Å². The molecule has 0 aliphatic carbocycles. The molecule has 0 amide bonds. The van der Waals surface area contributed by atoms with E-state index in [1.807, 2.05) is 6.07 Å². The zero-order valence-electron chi connectivity index (χ0n) is 30.0. The molecule has 2 heterocycles. The van der Waals surface area contributed by atoms with Crippen molar-refractivity contribution in [2.24, 2.45) is 0 Å². The van der Waals surface area contributed by atoms with Gasteiger partial charge in [0.15, 0.2) is 5.82 Å². The number of benzene rings is 8. The number of aromatic nitrogens is 3. The number of para-hydroxylation sites is 2. The lowest BCUT2D eigenvalue weighted by Crippen LogP contribution is -1.98. The van der Waals surface area contributed by atoms with E-state index >= 15 is 0 Å². The van der Waals surface area contributed by atoms with Crippen LogP contribution in [0, 0.1) is 0 Å². The van der Waals surface area contributed by atoms with Gasteiger partial charge in [-0.3, -0.25) is 0 Å². The van der Waals surface area contributed by atoms with Gasteiger partial charge in [0.05, 0.1) is 22.4 Å². The van der Waals surface area contributed by atoms with Crippen molar-refractivity contribution in [3.05, 3.63) is 212 Å². The highest BCUT2D eigenvalue weighted by molar-refractivity contribution is 6.09. The van der Waals surface area contributed by atoms with E-state index < -0.39 is 0 Å². The van der Waals surface area contributed by atoms with E-state index in [1.165, 1.54) is 49.6 Å². The van der Waals surface area contributed by atoms with Crippen molar-refractivity contribution < 1.29 is 0 Å². The van der Waals surface area contributed by atoms with Crippen molar-refractivity contribution in [3.8, 4) is 73.0 Å². The molecule has 258 valence electrons. The molecule has 10 aromatic rings. The summed E-state index contributed by atoms with van der Waals surface area (Å²) in [5.41, 5.74) is 15.3. The predicted octanol–water partition coefficient (Wildman–Crippen LogP) is 13.6. The largest absolute Gasteiger partial charge is 0.309 e. The molecule has 0 saturated carbocycles. The van der Waals surface area contributed by atoms with Gasteiger partial charge < -0.3 is 4.57 Å². The van der Waals surface area contributed by atoms with Gasteiger partial charge in [-0.05, 0) is 69.8 Å². The predicted molar refractivity (Wildman–Crippen MR) is 229 cm³/mol. The Morgan fingerprint density at radius 2 is 0.673 bits per heavy atom. The number of hydrogen-bond donors (Lipinski definition) is 0. The van der Waals surface area contributed by atoms with Crippen LogP contribution in [0.15, 0.2) is 212 Å². The molecule has 0 bridgehead atoms. The zero-order valence-corrected chi connectivity index (χ0v) is 30.0. The van der Waals surface area contributed by atoms with Crippen molar-refractivity contribution in [2.75, 3.05) is 0 Å². The standard InChI is InChI=1S/C52H35N3/c1-3-13-36(14-4-1)38-25-29-40(30-26-38)48-35-49(41-31-27-39(28-32-41)43-18-11-17-42(33-43)37-15-5-2-6-16-37)54-52(53-48)44-19-12-20-45(34-44)55-50-23-9-7-21-46(50)47-22-8-10-24-51(47)55/h1-35H. The second-order valence-electron chi connectivity index (χ2n) is 13.8. The van der Waals surface area contributed by atoms with E-state index in [2.05, 4.69) is 211 Å². The molecule has 8 aromatic carbocycles. The summed E-state index contributed by atoms with van der Waals surface area (Å²) in [5.74, 6) is 0.682. The third-order valence-corrected chi connectivity index (χ3v) is 10.4. The quantitative estimate of drug-likeness (QED) is 0.166. The second kappa shape index (κ2) is 13.9. The van der Waals surface area contributed by atoms with Gasteiger partial charge in [0.2, 0.25) is 0 Å². The van der Waals surface area contributed by atoms with Gasteiger partial charge >= 0.3 is 0 Å². The number of nitrogens with zero attached hydrogens (tertiary/aromatic N) is 3. The van der Waals surface area contributed by atoms with E-state index in [9.17, 15) is 0 Å². The number of rotatable bonds is 7. The van der Waals surface area contributed by atoms with Crippen LogP contribution >= 0.6 is 0 Å². The minimum Gasteiger partial charge on any atom is -0.309 e. The first kappa shape index (κ1) is 32.3. The van der Waals surface area contributed by atoms with Gasteiger partial charge in [0, 0.05) is 33.2 Å². The highest BCUT2D eigenvalue weighted by Crippen LogP contribution is 2.35. The molecule has 2 aromatic heterocycles. The maximum absolute atomic E-state index is 5.25. The lowest BCUT2D eigenvalue weighted by Gasteiger charge is -2.13. The molecule has 0 N–H and O–H groups in total. The molecule has 0 spiro atoms. The highest BCUT2D eigenvalue weighted by atomic mass is 15.0. The fourth-order valence-corrected chi connectivity index (χ4v) is 7.66. The van der Waals surface area contributed by atoms with Gasteiger partial charge in [-0.2, -0.15) is 0 Å². The molecule has 0 radical (unpaired) electrons. The van der Waals surface area contributed by atoms with Crippen molar-refractivity contribution >= 4 is 21.8 Å². The van der Waals surface area contributed by atoms with Crippen LogP contribution in [0.1, 0.15) is 0 Å². The average Bonchev–Trinajstić information content (AvgIpc) is 3.61. The molecule has 3 heteroatoms. The summed E-state index contributed by atoms with van der Waals surface area (Å²) < 4.78 is 2.34. The van der Waals surface area contributed by atoms with E-state index in [-0.39, 0.29) is 0 Å². The molecule has 0 fully saturated rings. The minimum absolute atomic E-state index is 0.682. The molecule has 0 atom stereocenters. The smallest absolute Gasteiger partial charge is 0.160 e. The molecular formula is C52H35N3. The fourth-order valence-electron chi connectivity index (χ4n) is 7.66. The topological polar surface area (TPSA) is 30.7 Å². The Bertz CT molecular complexity index is 2890. The number of hydrogen-bond acceptors (Lipinski definition) is 2. The van der Waals surface area contributed by atoms with Gasteiger partial charge in [-0.1, -0.05) is 176 Å². The van der Waals surface area contributed by atoms with Crippen LogP contribution in [0.5, 0.6) is 0 Å². The highest BCUT2D eigenvalue weighted by Gasteiger charge is 2.15. The van der Waals surface area contributed by atoms with Crippen molar-refractivity contribution in [1.29, 1.82) is 0 Å². The lowest BCUT2D eigenvalue weighted by molar-refractivity contribution is 1.16. The minimum atomic E-state index is 0.682. The van der Waals surface area contributed by atoms with Crippen molar-refractivity contribution in [3.63, 3.8) is 0 Å². The first-order chi connectivity index (χ1) is 27.2. The Morgan fingerprint density at radius 3 is 1.24 bits per heavy atom. The lowest BCUT2D eigenvalue weighted by atomic mass is 9.97. The summed E-state index contributed by atoms with van der Waals surface area (Å²) in [6.07, 6.45) is 0. The first-order valence-corrected chi connectivity index (χ1v) is 18.7. The van der Waals surface area contributed by atoms with E-state index in [0.29, 0.717) is 5.82 Å². The maximum atomic E-state index is 5.25. The van der Waals surface area contributed by atoms with Gasteiger partial charge in [0.25, 0.3) is 0 Å². The molecule has 55 heavy (non-hydrogen) atoms. The summed E-state index contributed by atoms with van der Waals surface area (Å²) in [4.78, 5) is 10.5. The van der Waals surface area contributed by atoms with Crippen LogP contribution in [-0.2, 0) is 0 Å². The molecule has 10 rings (SSSR count). The molecule has 0 aliphatic rings. The zero-order chi connectivity index (χ0) is 36.6. The summed E-state index contributed by atoms with van der Waals surface area (Å²) in [5, 5.41) is 2.47. The van der Waals surface area contributed by atoms with Crippen LogP contribution in [0.4, 0.5) is 0 Å². The average molecular weight is 702 g/mol. The Balaban J connectivity index is 1.07. The van der Waals surface area contributed by atoms with Crippen molar-refractivity contribution in [2.45, 2.75) is 0 Å². The second-order valence-corrected chi connectivity index (χ2v) is 13.8. The Kier molecular flexibility index (Phi) is 8.16. The Hall–Kier alpha value is -7.36. The van der Waals surface area contributed by atoms with Gasteiger partial charge in [-0.15, -0.1) is 0 Å². The molecule has 0 saturated heterocycles. The monoisotopic (exact) mass is 701 g/mol. The molecular weight excluding hydrogens is 667 g/mol. The van der Waals surface area contributed by atoms with Gasteiger partial charge in [0.1, 0.15) is 0 Å². The van der Waals surface area contributed by atoms with Crippen molar-refractivity contribution in [1.82, 2.24) is 14.5 Å². The van der Waals surface area contributed by atoms with E-state index in [4.69, 9.17) is 9.97 Å². The van der Waals surface area contributed by atoms with E-state index in [1.54, 1.807) is 0 Å². The van der Waals surface area contributed by atoms with Crippen LogP contribution in [0.3, 0.4) is 0 Å². The molecule has 3 nitrogen and oxygen atoms in total. The van der Waals surface area contributed by atoms with Crippen LogP contribution in [0.25, 0.3) is 94.8 Å². The third kappa shape index (κ3) is 6.18. The summed E-state index contributed by atoms with van der Waals surface area (Å²) >= 11 is 0. The van der Waals surface area contributed by atoms with Crippen LogP contribution < -0.4 is 0 Å².